The molecule has 1 aliphatic heterocycles. The van der Waals surface area contributed by atoms with E-state index in [0.717, 1.165) is 27.9 Å². The number of rotatable bonds is 4. The van der Waals surface area contributed by atoms with Gasteiger partial charge in [0.1, 0.15) is 11.4 Å². The lowest BCUT2D eigenvalue weighted by molar-refractivity contribution is 0.0619. The fourth-order valence-electron chi connectivity index (χ4n) is 3.82. The fraction of sp³-hybridized carbons (Fsp3) is 0.364. The molecule has 1 aliphatic rings. The summed E-state index contributed by atoms with van der Waals surface area (Å²) in [5.41, 5.74) is 3.99. The van der Waals surface area contributed by atoms with Crippen LogP contribution in [0.5, 0.6) is 5.75 Å². The van der Waals surface area contributed by atoms with Gasteiger partial charge in [-0.2, -0.15) is 0 Å². The predicted molar refractivity (Wildman–Crippen MR) is 108 cm³/mol. The van der Waals surface area contributed by atoms with Crippen molar-refractivity contribution in [3.8, 4) is 5.75 Å². The van der Waals surface area contributed by atoms with E-state index in [1.807, 2.05) is 49.6 Å². The van der Waals surface area contributed by atoms with Crippen LogP contribution in [0.4, 0.5) is 0 Å². The Morgan fingerprint density at radius 2 is 2.14 bits per heavy atom. The quantitative estimate of drug-likeness (QED) is 0.729. The Morgan fingerprint density at radius 3 is 2.93 bits per heavy atom. The number of aromatic nitrogens is 2. The molecule has 2 heterocycles. The van der Waals surface area contributed by atoms with Gasteiger partial charge in [-0.25, -0.2) is 4.98 Å². The van der Waals surface area contributed by atoms with Crippen LogP contribution in [0.15, 0.2) is 42.7 Å². The highest BCUT2D eigenvalue weighted by Crippen LogP contribution is 2.40. The average Bonchev–Trinajstić information content (AvgIpc) is 3.03. The average molecular weight is 379 g/mol. The number of benzene rings is 2. The van der Waals surface area contributed by atoms with Crippen LogP contribution in [0.2, 0.25) is 0 Å². The fourth-order valence-corrected chi connectivity index (χ4v) is 3.82. The lowest BCUT2D eigenvalue weighted by Gasteiger charge is -2.38. The summed E-state index contributed by atoms with van der Waals surface area (Å²) in [7, 11) is 0. The molecule has 0 aliphatic carbocycles. The maximum absolute atomic E-state index is 13.0. The molecule has 0 fully saturated rings. The molecule has 146 valence electrons. The molecule has 0 saturated heterocycles. The number of hydrogen-bond donors (Lipinski definition) is 2. The van der Waals surface area contributed by atoms with Crippen molar-refractivity contribution in [2.24, 2.45) is 0 Å². The van der Waals surface area contributed by atoms with Crippen LogP contribution >= 0.6 is 0 Å². The lowest BCUT2D eigenvalue weighted by Crippen LogP contribution is -2.41. The summed E-state index contributed by atoms with van der Waals surface area (Å²) in [5.74, 6) is 0.701. The lowest BCUT2D eigenvalue weighted by atomic mass is 9.89. The van der Waals surface area contributed by atoms with Crippen molar-refractivity contribution in [1.29, 1.82) is 0 Å². The Bertz CT molecular complexity index is 1040. The van der Waals surface area contributed by atoms with E-state index in [9.17, 15) is 4.79 Å². The number of aryl methyl sites for hydroxylation is 1. The topological polar surface area (TPSA) is 76.4 Å². The number of hydrogen-bond acceptors (Lipinski definition) is 4. The van der Waals surface area contributed by atoms with Gasteiger partial charge in [-0.15, -0.1) is 0 Å². The largest absolute Gasteiger partial charge is 0.487 e. The first-order chi connectivity index (χ1) is 13.4. The molecule has 0 saturated carbocycles. The Morgan fingerprint density at radius 1 is 1.32 bits per heavy atom. The molecule has 28 heavy (non-hydrogen) atoms. The molecule has 4 rings (SSSR count). The summed E-state index contributed by atoms with van der Waals surface area (Å²) < 4.78 is 7.99. The van der Waals surface area contributed by atoms with Crippen molar-refractivity contribution in [2.75, 3.05) is 6.61 Å². The summed E-state index contributed by atoms with van der Waals surface area (Å²) in [6.45, 7) is 6.64. The highest BCUT2D eigenvalue weighted by atomic mass is 16.5. The second kappa shape index (κ2) is 6.95. The third-order valence-electron chi connectivity index (χ3n) is 5.16. The molecule has 3 aromatic rings. The summed E-state index contributed by atoms with van der Waals surface area (Å²) >= 11 is 0. The molecule has 2 N–H and O–H groups in total. The van der Waals surface area contributed by atoms with E-state index in [0.29, 0.717) is 18.5 Å². The van der Waals surface area contributed by atoms with Gasteiger partial charge in [0.2, 0.25) is 0 Å². The van der Waals surface area contributed by atoms with Gasteiger partial charge in [-0.3, -0.25) is 4.79 Å². The molecule has 1 amide bonds. The van der Waals surface area contributed by atoms with Gasteiger partial charge in [0, 0.05) is 24.1 Å². The van der Waals surface area contributed by atoms with E-state index in [4.69, 9.17) is 9.84 Å². The maximum atomic E-state index is 13.0. The van der Waals surface area contributed by atoms with Gasteiger partial charge in [0.25, 0.3) is 5.91 Å². The summed E-state index contributed by atoms with van der Waals surface area (Å²) in [5, 5.41) is 12.3. The number of imidazole rings is 1. The predicted octanol–water partition coefficient (Wildman–Crippen LogP) is 3.37. The highest BCUT2D eigenvalue weighted by molar-refractivity contribution is 5.97. The minimum absolute atomic E-state index is 0.0477. The molecule has 0 unspecified atom stereocenters. The molecule has 1 aromatic heterocycles. The minimum Gasteiger partial charge on any atom is -0.487 e. The van der Waals surface area contributed by atoms with Gasteiger partial charge in [0.05, 0.1) is 30.0 Å². The molecule has 0 radical (unpaired) electrons. The summed E-state index contributed by atoms with van der Waals surface area (Å²) in [6, 6.07) is 11.4. The molecule has 1 atom stereocenters. The first-order valence-electron chi connectivity index (χ1n) is 9.52. The minimum atomic E-state index is -0.355. The SMILES string of the molecule is Cc1ccc2c(c1)OC(C)(C)C[C@H]2NC(=O)c1ccc2c(c1)ncn2CCO. The van der Waals surface area contributed by atoms with Gasteiger partial charge >= 0.3 is 0 Å². The number of aliphatic hydroxyl groups excluding tert-OH is 1. The Labute approximate surface area is 164 Å². The van der Waals surface area contributed by atoms with Crippen molar-refractivity contribution >= 4 is 16.9 Å². The number of carbonyl (C=O) groups is 1. The van der Waals surface area contributed by atoms with E-state index >= 15 is 0 Å². The zero-order valence-corrected chi connectivity index (χ0v) is 16.4. The number of amides is 1. The van der Waals surface area contributed by atoms with Crippen molar-refractivity contribution < 1.29 is 14.6 Å². The van der Waals surface area contributed by atoms with Crippen LogP contribution in [0.25, 0.3) is 11.0 Å². The third kappa shape index (κ3) is 3.47. The zero-order chi connectivity index (χ0) is 19.9. The highest BCUT2D eigenvalue weighted by Gasteiger charge is 2.34. The molecule has 2 aromatic carbocycles. The second-order valence-electron chi connectivity index (χ2n) is 8.00. The maximum Gasteiger partial charge on any atom is 0.251 e. The number of nitrogens with zero attached hydrogens (tertiary/aromatic N) is 2. The van der Waals surface area contributed by atoms with E-state index in [-0.39, 0.29) is 24.2 Å². The number of nitrogens with one attached hydrogen (secondary N) is 1. The Balaban J connectivity index is 1.60. The van der Waals surface area contributed by atoms with Crippen LogP contribution in [0, 0.1) is 6.92 Å². The van der Waals surface area contributed by atoms with E-state index < -0.39 is 0 Å². The summed E-state index contributed by atoms with van der Waals surface area (Å²) in [4.78, 5) is 17.3. The Kier molecular flexibility index (Phi) is 4.59. The first-order valence-corrected chi connectivity index (χ1v) is 9.52. The normalized spacial score (nSPS) is 17.8. The number of fused-ring (bicyclic) bond motifs is 2. The third-order valence-corrected chi connectivity index (χ3v) is 5.16. The van der Waals surface area contributed by atoms with Gasteiger partial charge in [-0.05, 0) is 50.6 Å². The van der Waals surface area contributed by atoms with Crippen molar-refractivity contribution in [3.63, 3.8) is 0 Å². The number of aliphatic hydroxyl groups is 1. The molecular weight excluding hydrogens is 354 g/mol. The number of ether oxygens (including phenoxy) is 1. The summed E-state index contributed by atoms with van der Waals surface area (Å²) in [6.07, 6.45) is 2.38. The smallest absolute Gasteiger partial charge is 0.251 e. The molecule has 0 spiro atoms. The van der Waals surface area contributed by atoms with Crippen molar-refractivity contribution in [3.05, 3.63) is 59.4 Å². The van der Waals surface area contributed by atoms with Crippen molar-refractivity contribution in [2.45, 2.75) is 45.4 Å². The van der Waals surface area contributed by atoms with Gasteiger partial charge in [-0.1, -0.05) is 12.1 Å². The van der Waals surface area contributed by atoms with Crippen LogP contribution in [0.3, 0.4) is 0 Å². The molecule has 0 bridgehead atoms. The second-order valence-corrected chi connectivity index (χ2v) is 8.00. The zero-order valence-electron chi connectivity index (χ0n) is 16.4. The standard InChI is InChI=1S/C22H25N3O3/c1-14-4-6-16-18(12-22(2,3)28-20(16)10-14)24-21(27)15-5-7-19-17(11-15)23-13-25(19)8-9-26/h4-7,10-11,13,18,26H,8-9,12H2,1-3H3,(H,24,27)/t18-/m1/s1. The van der Waals surface area contributed by atoms with E-state index in [1.165, 1.54) is 0 Å². The van der Waals surface area contributed by atoms with Crippen LogP contribution in [-0.2, 0) is 6.54 Å². The molecule has 6 heteroatoms. The monoisotopic (exact) mass is 379 g/mol. The number of carbonyl (C=O) groups excluding carboxylic acids is 1. The van der Waals surface area contributed by atoms with Crippen LogP contribution < -0.4 is 10.1 Å². The molecule has 6 nitrogen and oxygen atoms in total. The Hall–Kier alpha value is -2.86. The van der Waals surface area contributed by atoms with E-state index in [2.05, 4.69) is 10.3 Å². The van der Waals surface area contributed by atoms with Gasteiger partial charge < -0.3 is 19.7 Å². The van der Waals surface area contributed by atoms with Crippen LogP contribution in [0.1, 0.15) is 47.8 Å². The van der Waals surface area contributed by atoms with E-state index in [1.54, 1.807) is 18.5 Å². The first kappa shape index (κ1) is 18.5. The van der Waals surface area contributed by atoms with Gasteiger partial charge in [0.15, 0.2) is 0 Å². The van der Waals surface area contributed by atoms with Crippen LogP contribution in [-0.4, -0.2) is 32.8 Å². The molecular formula is C22H25N3O3. The van der Waals surface area contributed by atoms with Crippen molar-refractivity contribution in [1.82, 2.24) is 14.9 Å².